The Morgan fingerprint density at radius 1 is 0.343 bits per heavy atom. The normalized spacial score (nSPS) is 12.9. The van der Waals surface area contributed by atoms with Crippen LogP contribution in [0.5, 0.6) is 0 Å². The molecule has 414 valence electrons. The van der Waals surface area contributed by atoms with E-state index in [4.69, 9.17) is 0 Å². The van der Waals surface area contributed by atoms with E-state index in [1.54, 1.807) is 6.08 Å². The molecule has 0 bridgehead atoms. The van der Waals surface area contributed by atoms with Crippen LogP contribution in [0.25, 0.3) is 0 Å². The van der Waals surface area contributed by atoms with Crippen molar-refractivity contribution < 1.29 is 15.0 Å². The van der Waals surface area contributed by atoms with Crippen molar-refractivity contribution in [1.82, 2.24) is 5.32 Å². The second-order valence-electron chi connectivity index (χ2n) is 22.2. The Morgan fingerprint density at radius 3 is 0.857 bits per heavy atom. The first-order valence-corrected chi connectivity index (χ1v) is 32.2. The number of nitrogens with one attached hydrogen (secondary N) is 1. The third kappa shape index (κ3) is 57.5. The Hall–Kier alpha value is -1.39. The number of aliphatic hydroxyl groups is 2. The number of hydrogen-bond acceptors (Lipinski definition) is 3. The van der Waals surface area contributed by atoms with Crippen molar-refractivity contribution in [1.29, 1.82) is 0 Å². The Morgan fingerprint density at radius 2 is 0.586 bits per heavy atom. The summed E-state index contributed by atoms with van der Waals surface area (Å²) in [6.45, 7) is 4.34. The van der Waals surface area contributed by atoms with Crippen molar-refractivity contribution >= 4 is 5.91 Å². The van der Waals surface area contributed by atoms with E-state index in [0.29, 0.717) is 6.42 Å². The third-order valence-electron chi connectivity index (χ3n) is 15.1. The second kappa shape index (κ2) is 61.9. The molecular weight excluding hydrogens is 855 g/mol. The molecule has 0 aromatic heterocycles. The minimum Gasteiger partial charge on any atom is -0.394 e. The third-order valence-corrected chi connectivity index (χ3v) is 15.1. The molecule has 2 atom stereocenters. The van der Waals surface area contributed by atoms with Crippen LogP contribution in [-0.4, -0.2) is 34.9 Å². The van der Waals surface area contributed by atoms with Crippen LogP contribution in [0.3, 0.4) is 0 Å². The number of aliphatic hydroxyl groups excluding tert-OH is 2. The van der Waals surface area contributed by atoms with E-state index in [2.05, 4.69) is 43.5 Å². The van der Waals surface area contributed by atoms with Crippen LogP contribution in [0.1, 0.15) is 361 Å². The molecule has 4 nitrogen and oxygen atoms in total. The van der Waals surface area contributed by atoms with Crippen LogP contribution in [0.4, 0.5) is 0 Å². The summed E-state index contributed by atoms with van der Waals surface area (Å²) in [5.74, 6) is -0.0562. The molecule has 0 aliphatic rings. The highest BCUT2D eigenvalue weighted by Crippen LogP contribution is 2.18. The van der Waals surface area contributed by atoms with E-state index in [9.17, 15) is 15.0 Å². The molecule has 0 saturated heterocycles. The van der Waals surface area contributed by atoms with E-state index >= 15 is 0 Å². The van der Waals surface area contributed by atoms with Gasteiger partial charge >= 0.3 is 0 Å². The molecular formula is C66H127NO3. The number of carbonyl (C=O) groups excluding carboxylic acids is 1. The fourth-order valence-electron chi connectivity index (χ4n) is 10.2. The van der Waals surface area contributed by atoms with Gasteiger partial charge in [0.25, 0.3) is 0 Å². The molecule has 0 aromatic carbocycles. The summed E-state index contributed by atoms with van der Waals surface area (Å²) in [5.41, 5.74) is 0. The zero-order valence-electron chi connectivity index (χ0n) is 47.8. The lowest BCUT2D eigenvalue weighted by Gasteiger charge is -2.20. The summed E-state index contributed by atoms with van der Waals surface area (Å²) < 4.78 is 0. The van der Waals surface area contributed by atoms with Gasteiger partial charge in [-0.2, -0.15) is 0 Å². The first kappa shape index (κ1) is 68.6. The fraction of sp³-hybridized carbons (Fsp3) is 0.894. The van der Waals surface area contributed by atoms with Gasteiger partial charge in [0.15, 0.2) is 0 Å². The van der Waals surface area contributed by atoms with Crippen molar-refractivity contribution in [3.63, 3.8) is 0 Å². The predicted octanol–water partition coefficient (Wildman–Crippen LogP) is 21.6. The lowest BCUT2D eigenvalue weighted by molar-refractivity contribution is -0.123. The number of hydrogen-bond donors (Lipinski definition) is 3. The van der Waals surface area contributed by atoms with Crippen LogP contribution in [0.2, 0.25) is 0 Å². The fourth-order valence-corrected chi connectivity index (χ4v) is 10.2. The average Bonchev–Trinajstić information content (AvgIpc) is 3.36. The van der Waals surface area contributed by atoms with Gasteiger partial charge in [0.05, 0.1) is 18.8 Å². The molecule has 0 aliphatic carbocycles. The summed E-state index contributed by atoms with van der Waals surface area (Å²) in [6.07, 6.45) is 84.9. The molecule has 4 heteroatoms. The van der Waals surface area contributed by atoms with E-state index in [-0.39, 0.29) is 12.5 Å². The zero-order valence-corrected chi connectivity index (χ0v) is 47.8. The van der Waals surface area contributed by atoms with Crippen molar-refractivity contribution in [2.24, 2.45) is 0 Å². The highest BCUT2D eigenvalue weighted by atomic mass is 16.3. The minimum atomic E-state index is -0.838. The van der Waals surface area contributed by atoms with E-state index in [1.807, 2.05) is 6.08 Å². The zero-order chi connectivity index (χ0) is 50.6. The molecule has 0 saturated carbocycles. The molecule has 0 fully saturated rings. The maximum Gasteiger partial charge on any atom is 0.220 e. The van der Waals surface area contributed by atoms with Gasteiger partial charge in [0.1, 0.15) is 0 Å². The van der Waals surface area contributed by atoms with Crippen molar-refractivity contribution in [3.8, 4) is 0 Å². The molecule has 0 radical (unpaired) electrons. The highest BCUT2D eigenvalue weighted by molar-refractivity contribution is 5.76. The molecule has 0 rings (SSSR count). The largest absolute Gasteiger partial charge is 0.394 e. The quantitative estimate of drug-likeness (QED) is 0.0420. The van der Waals surface area contributed by atoms with E-state index in [1.165, 1.54) is 308 Å². The van der Waals surface area contributed by atoms with Gasteiger partial charge in [0, 0.05) is 6.42 Å². The minimum absolute atomic E-state index is 0.0562. The van der Waals surface area contributed by atoms with Gasteiger partial charge < -0.3 is 15.5 Å². The Balaban J connectivity index is 3.42. The van der Waals surface area contributed by atoms with Crippen LogP contribution in [-0.2, 0) is 4.79 Å². The monoisotopic (exact) mass is 982 g/mol. The summed E-state index contributed by atoms with van der Waals surface area (Å²) in [4.78, 5) is 12.5. The van der Waals surface area contributed by atoms with Gasteiger partial charge in [-0.15, -0.1) is 0 Å². The first-order chi connectivity index (χ1) is 34.7. The maximum absolute atomic E-state index is 12.5. The summed E-state index contributed by atoms with van der Waals surface area (Å²) in [5, 5.41) is 23.2. The molecule has 0 spiro atoms. The first-order valence-electron chi connectivity index (χ1n) is 32.2. The number of carbonyl (C=O) groups is 1. The number of amides is 1. The average molecular weight is 983 g/mol. The summed E-state index contributed by atoms with van der Waals surface area (Å²) in [6, 6.07) is -0.621. The molecule has 0 aromatic rings. The van der Waals surface area contributed by atoms with E-state index < -0.39 is 12.1 Å². The highest BCUT2D eigenvalue weighted by Gasteiger charge is 2.18. The topological polar surface area (TPSA) is 69.6 Å². The van der Waals surface area contributed by atoms with E-state index in [0.717, 1.165) is 32.1 Å². The summed E-state index contributed by atoms with van der Waals surface area (Å²) >= 11 is 0. The summed E-state index contributed by atoms with van der Waals surface area (Å²) in [7, 11) is 0. The van der Waals surface area contributed by atoms with Crippen LogP contribution < -0.4 is 5.32 Å². The molecule has 0 heterocycles. The van der Waals surface area contributed by atoms with Gasteiger partial charge in [-0.1, -0.05) is 339 Å². The number of rotatable bonds is 60. The van der Waals surface area contributed by atoms with Crippen LogP contribution in [0, 0.1) is 0 Å². The second-order valence-corrected chi connectivity index (χ2v) is 22.2. The van der Waals surface area contributed by atoms with Crippen LogP contribution >= 0.6 is 0 Å². The predicted molar refractivity (Wildman–Crippen MR) is 313 cm³/mol. The molecule has 70 heavy (non-hydrogen) atoms. The Labute approximate surface area is 440 Å². The van der Waals surface area contributed by atoms with Gasteiger partial charge in [-0.25, -0.2) is 0 Å². The Kier molecular flexibility index (Phi) is 60.7. The lowest BCUT2D eigenvalue weighted by Crippen LogP contribution is -2.45. The van der Waals surface area contributed by atoms with Crippen LogP contribution in [0.15, 0.2) is 36.5 Å². The van der Waals surface area contributed by atoms with Crippen molar-refractivity contribution in [2.45, 2.75) is 373 Å². The molecule has 1 amide bonds. The number of unbranched alkanes of at least 4 members (excludes halogenated alkanes) is 49. The molecule has 0 aliphatic heterocycles. The van der Waals surface area contributed by atoms with Gasteiger partial charge in [-0.05, 0) is 51.4 Å². The lowest BCUT2D eigenvalue weighted by atomic mass is 10.0. The van der Waals surface area contributed by atoms with Gasteiger partial charge in [-0.3, -0.25) is 4.79 Å². The van der Waals surface area contributed by atoms with Crippen molar-refractivity contribution in [2.75, 3.05) is 6.61 Å². The molecule has 3 N–H and O–H groups in total. The van der Waals surface area contributed by atoms with Crippen molar-refractivity contribution in [3.05, 3.63) is 36.5 Å². The SMILES string of the molecule is CCCCCCC/C=C\C/C=C\CCCCCCCCCCCCCCCCCCCCCCCCCC(=O)NC(CO)C(O)/C=C/CCCCCCCCCCCCCCCCCCCCCCC. The smallest absolute Gasteiger partial charge is 0.220 e. The standard InChI is InChI=1S/C66H127NO3/c1-3-5-7-9-11-13-15-17-19-21-23-25-27-28-29-30-31-32-33-34-35-36-37-38-40-42-44-46-48-50-52-54-56-58-60-62-66(70)67-64(63-68)65(69)61-59-57-55-53-51-49-47-45-43-41-39-26-24-22-20-18-16-14-12-10-8-6-4-2/h15,17,21,23,59,61,64-65,68-69H,3-14,16,18-20,22,24-58,60,62-63H2,1-2H3,(H,67,70)/b17-15-,23-21-,61-59+. The molecule has 2 unspecified atom stereocenters. The Bertz CT molecular complexity index is 1070. The van der Waals surface area contributed by atoms with Gasteiger partial charge in [0.2, 0.25) is 5.91 Å². The maximum atomic E-state index is 12.5. The number of allylic oxidation sites excluding steroid dienone is 5.